The van der Waals surface area contributed by atoms with Crippen LogP contribution in [0.2, 0.25) is 0 Å². The summed E-state index contributed by atoms with van der Waals surface area (Å²) in [6.07, 6.45) is -3.00. The van der Waals surface area contributed by atoms with Gasteiger partial charge in [0.15, 0.2) is 6.61 Å². The Hall–Kier alpha value is -3.74. The van der Waals surface area contributed by atoms with Crippen molar-refractivity contribution in [3.63, 3.8) is 0 Å². The summed E-state index contributed by atoms with van der Waals surface area (Å²) < 4.78 is 44.3. The lowest BCUT2D eigenvalue weighted by Gasteiger charge is -2.23. The fourth-order valence-electron chi connectivity index (χ4n) is 2.99. The van der Waals surface area contributed by atoms with E-state index >= 15 is 0 Å². The molecule has 0 saturated carbocycles. The van der Waals surface area contributed by atoms with Crippen molar-refractivity contribution in [3.8, 4) is 6.01 Å². The molecule has 0 aliphatic heterocycles. The maximum absolute atomic E-state index is 12.8. The molecule has 11 heteroatoms. The van der Waals surface area contributed by atoms with Gasteiger partial charge < -0.3 is 4.74 Å². The molecule has 7 nitrogen and oxygen atoms in total. The van der Waals surface area contributed by atoms with E-state index in [1.807, 2.05) is 84.9 Å². The van der Waals surface area contributed by atoms with E-state index in [0.717, 1.165) is 9.13 Å². The van der Waals surface area contributed by atoms with Gasteiger partial charge in [0.1, 0.15) is 0 Å². The average Bonchev–Trinajstić information content (AvgIpc) is 2.84. The Kier molecular flexibility index (Phi) is 7.75. The molecule has 0 saturated heterocycles. The van der Waals surface area contributed by atoms with E-state index in [1.165, 1.54) is 0 Å². The topological polar surface area (TPSA) is 75.5 Å². The van der Waals surface area contributed by atoms with Crippen LogP contribution in [0, 0.1) is 3.57 Å². The summed E-state index contributed by atoms with van der Waals surface area (Å²) in [5.74, 6) is -0.0209. The van der Waals surface area contributed by atoms with Crippen LogP contribution < -0.4 is 15.1 Å². The van der Waals surface area contributed by atoms with Crippen LogP contribution >= 0.6 is 22.6 Å². The molecule has 0 amide bonds. The smallest absolute Gasteiger partial charge is 0.422 e. The molecule has 3 aromatic carbocycles. The summed E-state index contributed by atoms with van der Waals surface area (Å²) >= 11 is 2.18. The normalized spacial score (nSPS) is 11.4. The van der Waals surface area contributed by atoms with Gasteiger partial charge in [0.25, 0.3) is 5.95 Å². The minimum atomic E-state index is -4.55. The molecule has 0 aliphatic carbocycles. The van der Waals surface area contributed by atoms with Gasteiger partial charge in [-0.2, -0.15) is 33.2 Å². The zero-order valence-corrected chi connectivity index (χ0v) is 20.2. The first-order valence-electron chi connectivity index (χ1n) is 10.3. The van der Waals surface area contributed by atoms with Crippen LogP contribution in [0.5, 0.6) is 6.01 Å². The Morgan fingerprint density at radius 3 is 2.14 bits per heavy atom. The van der Waals surface area contributed by atoms with Gasteiger partial charge in [-0.1, -0.05) is 48.5 Å². The third-order valence-electron chi connectivity index (χ3n) is 4.42. The molecule has 0 unspecified atom stereocenters. The molecule has 0 radical (unpaired) electrons. The number of aromatic nitrogens is 3. The number of alkyl halides is 3. The summed E-state index contributed by atoms with van der Waals surface area (Å²) in [7, 11) is 0. The second kappa shape index (κ2) is 11.1. The van der Waals surface area contributed by atoms with E-state index in [-0.39, 0.29) is 11.9 Å². The SMILES string of the molecule is FC(F)(F)COc1nc(N/N=C\c2cccc(I)c2)nc(N(c2ccccc2)c2ccccc2)n1. The molecule has 0 bridgehead atoms. The number of rotatable bonds is 8. The monoisotopic (exact) mass is 590 g/mol. The number of anilines is 4. The van der Waals surface area contributed by atoms with Crippen molar-refractivity contribution in [1.82, 2.24) is 15.0 Å². The van der Waals surface area contributed by atoms with E-state index in [0.29, 0.717) is 11.4 Å². The van der Waals surface area contributed by atoms with Gasteiger partial charge in [0.05, 0.1) is 6.21 Å². The Bertz CT molecular complexity index is 1250. The maximum Gasteiger partial charge on any atom is 0.422 e. The first-order valence-corrected chi connectivity index (χ1v) is 11.4. The van der Waals surface area contributed by atoms with Crippen LogP contribution in [0.4, 0.5) is 36.4 Å². The largest absolute Gasteiger partial charge is 0.454 e. The Morgan fingerprint density at radius 2 is 1.54 bits per heavy atom. The van der Waals surface area contributed by atoms with Crippen molar-refractivity contribution in [1.29, 1.82) is 0 Å². The maximum atomic E-state index is 12.8. The zero-order valence-electron chi connectivity index (χ0n) is 18.0. The first-order chi connectivity index (χ1) is 16.9. The van der Waals surface area contributed by atoms with E-state index < -0.39 is 18.8 Å². The quantitative estimate of drug-likeness (QED) is 0.147. The van der Waals surface area contributed by atoms with E-state index in [1.54, 1.807) is 11.1 Å². The van der Waals surface area contributed by atoms with E-state index in [2.05, 4.69) is 48.1 Å². The number of nitrogens with one attached hydrogen (secondary N) is 1. The molecular formula is C24H18F3IN6O. The first kappa shape index (κ1) is 24.4. The molecule has 1 heterocycles. The van der Waals surface area contributed by atoms with Gasteiger partial charge in [-0.05, 0) is 64.6 Å². The summed E-state index contributed by atoms with van der Waals surface area (Å²) in [6, 6.07) is 25.4. The predicted molar refractivity (Wildman–Crippen MR) is 136 cm³/mol. The fourth-order valence-corrected chi connectivity index (χ4v) is 3.56. The summed E-state index contributed by atoms with van der Waals surface area (Å²) in [5.41, 5.74) is 4.88. The minimum absolute atomic E-state index is 0.0570. The van der Waals surface area contributed by atoms with Crippen LogP contribution in [0.25, 0.3) is 0 Å². The van der Waals surface area contributed by atoms with Gasteiger partial charge >= 0.3 is 12.2 Å². The minimum Gasteiger partial charge on any atom is -0.454 e. The van der Waals surface area contributed by atoms with Crippen molar-refractivity contribution in [2.45, 2.75) is 6.18 Å². The number of hydrogen-bond acceptors (Lipinski definition) is 7. The van der Waals surface area contributed by atoms with E-state index in [9.17, 15) is 13.2 Å². The number of ether oxygens (including phenoxy) is 1. The lowest BCUT2D eigenvalue weighted by atomic mass is 10.2. The second-order valence-corrected chi connectivity index (χ2v) is 8.32. The van der Waals surface area contributed by atoms with Gasteiger partial charge in [0, 0.05) is 14.9 Å². The lowest BCUT2D eigenvalue weighted by Crippen LogP contribution is -2.21. The molecule has 1 N–H and O–H groups in total. The molecule has 178 valence electrons. The van der Waals surface area contributed by atoms with Crippen LogP contribution in [-0.2, 0) is 0 Å². The zero-order chi connectivity index (χ0) is 24.7. The third-order valence-corrected chi connectivity index (χ3v) is 5.09. The molecule has 4 aromatic rings. The number of hydrogen-bond donors (Lipinski definition) is 1. The number of halogens is 4. The molecule has 1 aromatic heterocycles. The van der Waals surface area contributed by atoms with Gasteiger partial charge in [-0.15, -0.1) is 0 Å². The van der Waals surface area contributed by atoms with Crippen molar-refractivity contribution in [3.05, 3.63) is 94.1 Å². The number of hydrazone groups is 1. The van der Waals surface area contributed by atoms with Crippen molar-refractivity contribution in [2.75, 3.05) is 16.9 Å². The van der Waals surface area contributed by atoms with Crippen molar-refractivity contribution < 1.29 is 17.9 Å². The van der Waals surface area contributed by atoms with Crippen LogP contribution in [0.3, 0.4) is 0 Å². The van der Waals surface area contributed by atoms with Gasteiger partial charge in [0.2, 0.25) is 5.95 Å². The predicted octanol–water partition coefficient (Wildman–Crippen LogP) is 6.33. The van der Waals surface area contributed by atoms with Gasteiger partial charge in [-0.25, -0.2) is 5.43 Å². The van der Waals surface area contributed by atoms with Crippen LogP contribution in [-0.4, -0.2) is 33.9 Å². The van der Waals surface area contributed by atoms with Crippen LogP contribution in [0.1, 0.15) is 5.56 Å². The number of nitrogens with zero attached hydrogens (tertiary/aromatic N) is 5. The number of para-hydroxylation sites is 2. The fraction of sp³-hybridized carbons (Fsp3) is 0.0833. The van der Waals surface area contributed by atoms with Crippen molar-refractivity contribution in [2.24, 2.45) is 5.10 Å². The standard InChI is InChI=1S/C24H18F3IN6O/c25-24(26,27)16-35-23-31-21(33-29-15-17-8-7-9-18(28)14-17)30-22(32-23)34(19-10-3-1-4-11-19)20-12-5-2-6-13-20/h1-15H,16H2,(H,30,31,32,33)/b29-15-. The van der Waals surface area contributed by atoms with Gasteiger partial charge in [-0.3, -0.25) is 4.90 Å². The molecular weight excluding hydrogens is 572 g/mol. The molecule has 0 atom stereocenters. The average molecular weight is 590 g/mol. The molecule has 0 fully saturated rings. The van der Waals surface area contributed by atoms with Crippen molar-refractivity contribution >= 4 is 52.1 Å². The second-order valence-electron chi connectivity index (χ2n) is 7.08. The molecule has 35 heavy (non-hydrogen) atoms. The lowest BCUT2D eigenvalue weighted by molar-refractivity contribution is -0.154. The third kappa shape index (κ3) is 7.12. The highest BCUT2D eigenvalue weighted by molar-refractivity contribution is 14.1. The molecule has 4 rings (SSSR count). The summed E-state index contributed by atoms with van der Waals surface area (Å²) in [6.45, 7) is -1.54. The highest BCUT2D eigenvalue weighted by Crippen LogP contribution is 2.33. The highest BCUT2D eigenvalue weighted by atomic mass is 127. The summed E-state index contributed by atoms with van der Waals surface area (Å²) in [5, 5.41) is 4.12. The Labute approximate surface area is 212 Å². The Balaban J connectivity index is 1.72. The van der Waals surface area contributed by atoms with E-state index in [4.69, 9.17) is 4.74 Å². The Morgan fingerprint density at radius 1 is 0.886 bits per heavy atom. The molecule has 0 aliphatic rings. The highest BCUT2D eigenvalue weighted by Gasteiger charge is 2.29. The molecule has 0 spiro atoms. The van der Waals surface area contributed by atoms with Crippen LogP contribution in [0.15, 0.2) is 90.0 Å². The number of benzene rings is 3. The summed E-state index contributed by atoms with van der Waals surface area (Å²) in [4.78, 5) is 14.2.